The van der Waals surface area contributed by atoms with E-state index in [1.165, 1.54) is 7.11 Å². The molecule has 16 heavy (non-hydrogen) atoms. The molecule has 0 spiro atoms. The predicted octanol–water partition coefficient (Wildman–Crippen LogP) is 2.18. The van der Waals surface area contributed by atoms with Gasteiger partial charge in [0.2, 0.25) is 3.79 Å². The molecule has 1 saturated heterocycles. The molecule has 1 amide bonds. The lowest BCUT2D eigenvalue weighted by Gasteiger charge is -2.26. The van der Waals surface area contributed by atoms with E-state index in [0.717, 1.165) is 0 Å². The molecule has 1 fully saturated rings. The first-order valence-electron chi connectivity index (χ1n) is 3.74. The SMILES string of the molecule is COC1C(C(Cl)(Cl)Cl)OC(=O)N1P(=O)(O)S. The number of rotatable bonds is 2. The summed E-state index contributed by atoms with van der Waals surface area (Å²) in [5.41, 5.74) is 0. The van der Waals surface area contributed by atoms with E-state index < -0.39 is 28.9 Å². The van der Waals surface area contributed by atoms with Crippen LogP contribution in [0.15, 0.2) is 0 Å². The molecule has 0 saturated carbocycles. The van der Waals surface area contributed by atoms with Gasteiger partial charge in [-0.1, -0.05) is 47.1 Å². The highest BCUT2D eigenvalue weighted by Gasteiger charge is 2.56. The summed E-state index contributed by atoms with van der Waals surface area (Å²) in [5, 5.41) is 0. The maximum atomic E-state index is 11.3. The van der Waals surface area contributed by atoms with Gasteiger partial charge in [0.25, 0.3) is 0 Å². The number of carbonyl (C=O) groups excluding carboxylic acids is 1. The molecular weight excluding hydrogens is 323 g/mol. The van der Waals surface area contributed by atoms with Gasteiger partial charge in [0.1, 0.15) is 0 Å². The standard InChI is InChI=1S/C5H7Cl3NO5PS/c1-13-3-2(5(6,7)8)14-4(10)9(3)15(11,12)16/h2-3H,1H3,(H2,11,12,16). The average molecular weight is 331 g/mol. The van der Waals surface area contributed by atoms with Gasteiger partial charge >= 0.3 is 12.8 Å². The molecule has 6 nitrogen and oxygen atoms in total. The zero-order chi connectivity index (χ0) is 12.7. The molecule has 0 aromatic rings. The Morgan fingerprint density at radius 2 is 2.12 bits per heavy atom. The number of carbonyl (C=O) groups is 1. The van der Waals surface area contributed by atoms with Gasteiger partial charge in [0.15, 0.2) is 12.3 Å². The normalized spacial score (nSPS) is 30.1. The van der Waals surface area contributed by atoms with Crippen molar-refractivity contribution in [1.29, 1.82) is 0 Å². The highest BCUT2D eigenvalue weighted by Crippen LogP contribution is 2.56. The third kappa shape index (κ3) is 2.90. The average Bonchev–Trinajstić information content (AvgIpc) is 2.40. The maximum absolute atomic E-state index is 11.3. The van der Waals surface area contributed by atoms with Gasteiger partial charge in [-0.2, -0.15) is 4.67 Å². The highest BCUT2D eigenvalue weighted by atomic mass is 35.6. The third-order valence-corrected chi connectivity index (χ3v) is 3.94. The molecule has 0 bridgehead atoms. The van der Waals surface area contributed by atoms with E-state index in [1.54, 1.807) is 0 Å². The number of thiol groups is 1. The molecule has 1 aliphatic heterocycles. The van der Waals surface area contributed by atoms with Crippen LogP contribution in [-0.2, 0) is 14.0 Å². The Morgan fingerprint density at radius 3 is 2.44 bits per heavy atom. The fraction of sp³-hybridized carbons (Fsp3) is 0.800. The Morgan fingerprint density at radius 1 is 1.62 bits per heavy atom. The van der Waals surface area contributed by atoms with Crippen molar-refractivity contribution in [2.45, 2.75) is 16.1 Å². The van der Waals surface area contributed by atoms with Crippen LogP contribution in [0.3, 0.4) is 0 Å². The number of methoxy groups -OCH3 is 1. The largest absolute Gasteiger partial charge is 0.436 e. The Balaban J connectivity index is 3.07. The molecule has 0 aromatic heterocycles. The van der Waals surface area contributed by atoms with Crippen LogP contribution < -0.4 is 0 Å². The lowest BCUT2D eigenvalue weighted by Crippen LogP contribution is -2.41. The Labute approximate surface area is 111 Å². The van der Waals surface area contributed by atoms with Gasteiger partial charge in [0.05, 0.1) is 0 Å². The maximum Gasteiger partial charge on any atom is 0.420 e. The summed E-state index contributed by atoms with van der Waals surface area (Å²) in [6.07, 6.45) is -3.75. The van der Waals surface area contributed by atoms with Crippen LogP contribution in [0.4, 0.5) is 4.79 Å². The molecular formula is C5H7Cl3NO5PS. The second-order valence-electron chi connectivity index (χ2n) is 2.83. The van der Waals surface area contributed by atoms with Crippen molar-refractivity contribution in [3.8, 4) is 0 Å². The first-order valence-corrected chi connectivity index (χ1v) is 7.64. The molecule has 1 aliphatic rings. The third-order valence-electron chi connectivity index (χ3n) is 1.76. The number of alkyl halides is 3. The Kier molecular flexibility index (Phi) is 4.34. The van der Waals surface area contributed by atoms with Gasteiger partial charge in [-0.05, 0) is 0 Å². The number of ether oxygens (including phenoxy) is 2. The first kappa shape index (κ1) is 14.7. The van der Waals surface area contributed by atoms with Crippen LogP contribution in [-0.4, -0.2) is 38.9 Å². The Bertz CT molecular complexity index is 343. The van der Waals surface area contributed by atoms with E-state index in [4.69, 9.17) is 39.5 Å². The monoisotopic (exact) mass is 329 g/mol. The highest BCUT2D eigenvalue weighted by molar-refractivity contribution is 8.45. The number of hydrogen-bond acceptors (Lipinski definition) is 4. The topological polar surface area (TPSA) is 76.1 Å². The van der Waals surface area contributed by atoms with Gasteiger partial charge in [-0.3, -0.25) is 4.57 Å². The van der Waals surface area contributed by atoms with Crippen molar-refractivity contribution in [2.75, 3.05) is 7.11 Å². The van der Waals surface area contributed by atoms with Gasteiger partial charge in [0, 0.05) is 7.11 Å². The summed E-state index contributed by atoms with van der Waals surface area (Å²) >= 11 is 20.0. The lowest BCUT2D eigenvalue weighted by atomic mass is 10.3. The van der Waals surface area contributed by atoms with Crippen LogP contribution in [0, 0.1) is 0 Å². The van der Waals surface area contributed by atoms with E-state index in [2.05, 4.69) is 17.0 Å². The molecule has 3 atom stereocenters. The fourth-order valence-corrected chi connectivity index (χ4v) is 2.91. The molecule has 11 heteroatoms. The molecule has 0 aromatic carbocycles. The van der Waals surface area contributed by atoms with E-state index >= 15 is 0 Å². The van der Waals surface area contributed by atoms with Crippen LogP contribution >= 0.6 is 53.8 Å². The van der Waals surface area contributed by atoms with Crippen molar-refractivity contribution in [3.05, 3.63) is 0 Å². The molecule has 3 unspecified atom stereocenters. The molecule has 1 N–H and O–H groups in total. The van der Waals surface area contributed by atoms with Crippen molar-refractivity contribution in [1.82, 2.24) is 4.67 Å². The van der Waals surface area contributed by atoms with Gasteiger partial charge in [-0.15, -0.1) is 0 Å². The smallest absolute Gasteiger partial charge is 0.420 e. The van der Waals surface area contributed by atoms with Crippen molar-refractivity contribution < 1.29 is 23.7 Å². The van der Waals surface area contributed by atoms with Crippen LogP contribution in [0.1, 0.15) is 0 Å². The molecule has 0 aliphatic carbocycles. The minimum absolute atomic E-state index is 0.392. The summed E-state index contributed by atoms with van der Waals surface area (Å²) < 4.78 is 19.2. The number of cyclic esters (lactones) is 1. The summed E-state index contributed by atoms with van der Waals surface area (Å²) in [6.45, 7) is -4.20. The fourth-order valence-electron chi connectivity index (χ4n) is 1.16. The number of halogens is 3. The minimum atomic E-state index is -4.20. The Hall–Kier alpha value is 0.640. The second-order valence-corrected chi connectivity index (χ2v) is 8.22. The van der Waals surface area contributed by atoms with E-state index in [9.17, 15) is 14.3 Å². The zero-order valence-electron chi connectivity index (χ0n) is 7.71. The van der Waals surface area contributed by atoms with Crippen molar-refractivity contribution in [2.24, 2.45) is 0 Å². The lowest BCUT2D eigenvalue weighted by molar-refractivity contribution is -0.000333. The zero-order valence-corrected chi connectivity index (χ0v) is 11.8. The minimum Gasteiger partial charge on any atom is -0.436 e. The van der Waals surface area contributed by atoms with Gasteiger partial charge in [-0.25, -0.2) is 4.79 Å². The summed E-state index contributed by atoms with van der Waals surface area (Å²) in [5.74, 6) is 0. The quantitative estimate of drug-likeness (QED) is 0.461. The second kappa shape index (κ2) is 4.72. The van der Waals surface area contributed by atoms with E-state index in [0.29, 0.717) is 4.67 Å². The van der Waals surface area contributed by atoms with Gasteiger partial charge < -0.3 is 14.4 Å². The summed E-state index contributed by atoms with van der Waals surface area (Å²) in [6, 6.07) is 0. The van der Waals surface area contributed by atoms with Crippen molar-refractivity contribution in [3.63, 3.8) is 0 Å². The molecule has 94 valence electrons. The number of nitrogens with zero attached hydrogens (tertiary/aromatic N) is 1. The molecule has 0 radical (unpaired) electrons. The number of hydrogen-bond donors (Lipinski definition) is 2. The van der Waals surface area contributed by atoms with Crippen molar-refractivity contribution >= 4 is 59.9 Å². The van der Waals surface area contributed by atoms with Crippen LogP contribution in [0.5, 0.6) is 0 Å². The molecule has 1 heterocycles. The van der Waals surface area contributed by atoms with Crippen LogP contribution in [0.25, 0.3) is 0 Å². The summed E-state index contributed by atoms with van der Waals surface area (Å²) in [4.78, 5) is 20.5. The van der Waals surface area contributed by atoms with E-state index in [-0.39, 0.29) is 0 Å². The van der Waals surface area contributed by atoms with Crippen LogP contribution in [0.2, 0.25) is 0 Å². The molecule has 1 rings (SSSR count). The summed E-state index contributed by atoms with van der Waals surface area (Å²) in [7, 11) is 1.17. The predicted molar refractivity (Wildman–Crippen MR) is 62.0 cm³/mol. The first-order chi connectivity index (χ1) is 7.09. The van der Waals surface area contributed by atoms with E-state index in [1.807, 2.05) is 0 Å². The number of amides is 1.